The molecule has 0 spiro atoms. The number of hydrogen-bond donors (Lipinski definition) is 0. The fraction of sp³-hybridized carbons (Fsp3) is 0.714. The van der Waals surface area contributed by atoms with Gasteiger partial charge in [-0.2, -0.15) is 0 Å². The molecule has 0 aromatic heterocycles. The average Bonchev–Trinajstić information content (AvgIpc) is 3.03. The zero-order valence-electron chi connectivity index (χ0n) is 11.4. The summed E-state index contributed by atoms with van der Waals surface area (Å²) in [6.07, 6.45) is 5.33. The molecule has 0 saturated heterocycles. The van der Waals surface area contributed by atoms with E-state index in [1.165, 1.54) is 7.11 Å². The normalized spacial score (nSPS) is 31.5. The highest BCUT2D eigenvalue weighted by atomic mass is 16.6. The Morgan fingerprint density at radius 2 is 2.05 bits per heavy atom. The predicted octanol–water partition coefficient (Wildman–Crippen LogP) is 1.32. The number of carbonyl (C=O) groups excluding carboxylic acids is 2. The first-order valence-electron chi connectivity index (χ1n) is 6.66. The topological polar surface area (TPSA) is 61.8 Å². The number of allylic oxidation sites excluding steroid dienone is 2. The molecule has 0 amide bonds. The summed E-state index contributed by atoms with van der Waals surface area (Å²) in [5.74, 6) is -0.769. The first-order chi connectivity index (χ1) is 9.15. The number of methoxy groups -OCH3 is 1. The van der Waals surface area contributed by atoms with Gasteiger partial charge in [0.05, 0.1) is 13.7 Å². The number of ether oxygens (including phenoxy) is 3. The van der Waals surface area contributed by atoms with Gasteiger partial charge in [-0.1, -0.05) is 12.2 Å². The van der Waals surface area contributed by atoms with E-state index in [9.17, 15) is 9.59 Å². The first kappa shape index (κ1) is 14.1. The van der Waals surface area contributed by atoms with Crippen LogP contribution in [0.5, 0.6) is 0 Å². The van der Waals surface area contributed by atoms with Crippen molar-refractivity contribution >= 4 is 11.9 Å². The second-order valence-corrected chi connectivity index (χ2v) is 4.99. The minimum atomic E-state index is -1.14. The molecule has 0 aromatic rings. The zero-order valence-corrected chi connectivity index (χ0v) is 11.4. The maximum Gasteiger partial charge on any atom is 0.324 e. The molecule has 2 rings (SSSR count). The van der Waals surface area contributed by atoms with Gasteiger partial charge >= 0.3 is 11.9 Å². The largest absolute Gasteiger partial charge is 0.468 e. The zero-order chi connectivity index (χ0) is 13.9. The molecule has 0 N–H and O–H groups in total. The van der Waals surface area contributed by atoms with Crippen LogP contribution in [0.1, 0.15) is 19.8 Å². The third-order valence-electron chi connectivity index (χ3n) is 3.97. The van der Waals surface area contributed by atoms with Gasteiger partial charge in [0, 0.05) is 12.5 Å². The van der Waals surface area contributed by atoms with Crippen molar-refractivity contribution in [3.8, 4) is 0 Å². The summed E-state index contributed by atoms with van der Waals surface area (Å²) < 4.78 is 15.2. The van der Waals surface area contributed by atoms with Crippen molar-refractivity contribution < 1.29 is 23.8 Å². The third-order valence-corrected chi connectivity index (χ3v) is 3.97. The molecule has 3 unspecified atom stereocenters. The van der Waals surface area contributed by atoms with E-state index in [2.05, 4.69) is 6.08 Å². The van der Waals surface area contributed by atoms with Gasteiger partial charge in [0.1, 0.15) is 6.61 Å². The van der Waals surface area contributed by atoms with Crippen LogP contribution in [0.4, 0.5) is 0 Å². The molecule has 0 heterocycles. The standard InChI is InChI=1S/C14H20O5/c1-3-18-6-7-19-13(16)14(12(15)17-2)9-10-4-5-11(14)8-10/h4-5,10-11H,3,6-9H2,1-2H3. The molecule has 5 heteroatoms. The van der Waals surface area contributed by atoms with Crippen LogP contribution in [0.15, 0.2) is 12.2 Å². The van der Waals surface area contributed by atoms with E-state index >= 15 is 0 Å². The molecule has 0 aromatic carbocycles. The van der Waals surface area contributed by atoms with Crippen molar-refractivity contribution in [2.24, 2.45) is 17.3 Å². The van der Waals surface area contributed by atoms with Crippen molar-refractivity contribution in [1.82, 2.24) is 0 Å². The molecule has 5 nitrogen and oxygen atoms in total. The summed E-state index contributed by atoms with van der Waals surface area (Å²) in [6, 6.07) is 0. The summed E-state index contributed by atoms with van der Waals surface area (Å²) in [4.78, 5) is 24.4. The van der Waals surface area contributed by atoms with E-state index < -0.39 is 17.4 Å². The van der Waals surface area contributed by atoms with Crippen molar-refractivity contribution in [2.45, 2.75) is 19.8 Å². The lowest BCUT2D eigenvalue weighted by molar-refractivity contribution is -0.174. The first-order valence-corrected chi connectivity index (χ1v) is 6.66. The highest BCUT2D eigenvalue weighted by Crippen LogP contribution is 2.53. The Morgan fingerprint density at radius 1 is 1.26 bits per heavy atom. The maximum absolute atomic E-state index is 12.3. The van der Waals surface area contributed by atoms with Gasteiger partial charge in [-0.05, 0) is 25.7 Å². The monoisotopic (exact) mass is 268 g/mol. The molecule has 2 aliphatic rings. The summed E-state index contributed by atoms with van der Waals surface area (Å²) in [7, 11) is 1.31. The number of esters is 2. The number of carbonyl (C=O) groups is 2. The summed E-state index contributed by atoms with van der Waals surface area (Å²) in [5, 5.41) is 0. The Bertz CT molecular complexity index is 389. The predicted molar refractivity (Wildman–Crippen MR) is 67.3 cm³/mol. The molecular weight excluding hydrogens is 248 g/mol. The summed E-state index contributed by atoms with van der Waals surface area (Å²) >= 11 is 0. The van der Waals surface area contributed by atoms with Crippen LogP contribution in [0.25, 0.3) is 0 Å². The third kappa shape index (κ3) is 2.39. The minimum absolute atomic E-state index is 0.0930. The Morgan fingerprint density at radius 3 is 2.58 bits per heavy atom. The lowest BCUT2D eigenvalue weighted by Gasteiger charge is -2.30. The molecular formula is C14H20O5. The van der Waals surface area contributed by atoms with Crippen LogP contribution in [0, 0.1) is 17.3 Å². The maximum atomic E-state index is 12.3. The quantitative estimate of drug-likeness (QED) is 0.315. The fourth-order valence-electron chi connectivity index (χ4n) is 3.06. The van der Waals surface area contributed by atoms with E-state index in [0.29, 0.717) is 19.6 Å². The number of rotatable bonds is 6. The molecule has 0 aliphatic heterocycles. The van der Waals surface area contributed by atoms with Crippen molar-refractivity contribution in [3.63, 3.8) is 0 Å². The van der Waals surface area contributed by atoms with E-state index in [4.69, 9.17) is 14.2 Å². The van der Waals surface area contributed by atoms with Crippen LogP contribution < -0.4 is 0 Å². The minimum Gasteiger partial charge on any atom is -0.468 e. The lowest BCUT2D eigenvalue weighted by Crippen LogP contribution is -2.45. The fourth-order valence-corrected chi connectivity index (χ4v) is 3.06. The lowest BCUT2D eigenvalue weighted by atomic mass is 9.75. The molecule has 19 heavy (non-hydrogen) atoms. The van der Waals surface area contributed by atoms with Crippen molar-refractivity contribution in [1.29, 1.82) is 0 Å². The Kier molecular flexibility index (Phi) is 4.24. The number of hydrogen-bond acceptors (Lipinski definition) is 5. The van der Waals surface area contributed by atoms with Gasteiger partial charge in [-0.3, -0.25) is 9.59 Å². The molecule has 0 radical (unpaired) electrons. The van der Waals surface area contributed by atoms with Crippen LogP contribution in [0.3, 0.4) is 0 Å². The molecule has 2 bridgehead atoms. The Labute approximate surface area is 112 Å². The van der Waals surface area contributed by atoms with E-state index in [0.717, 1.165) is 6.42 Å². The highest BCUT2D eigenvalue weighted by molar-refractivity contribution is 6.01. The Hall–Kier alpha value is -1.36. The second kappa shape index (κ2) is 5.74. The van der Waals surface area contributed by atoms with Crippen LogP contribution in [-0.4, -0.2) is 38.9 Å². The Balaban J connectivity index is 2.05. The summed E-state index contributed by atoms with van der Waals surface area (Å²) in [5.41, 5.74) is -1.14. The van der Waals surface area contributed by atoms with Crippen molar-refractivity contribution in [2.75, 3.05) is 26.9 Å². The van der Waals surface area contributed by atoms with E-state index in [-0.39, 0.29) is 18.4 Å². The molecule has 1 fully saturated rings. The molecule has 106 valence electrons. The molecule has 3 atom stereocenters. The van der Waals surface area contributed by atoms with Gasteiger partial charge < -0.3 is 14.2 Å². The molecule has 2 aliphatic carbocycles. The number of fused-ring (bicyclic) bond motifs is 2. The van der Waals surface area contributed by atoms with Crippen LogP contribution >= 0.6 is 0 Å². The van der Waals surface area contributed by atoms with Gasteiger partial charge in [-0.15, -0.1) is 0 Å². The SMILES string of the molecule is CCOCCOC(=O)C1(C(=O)OC)CC2C=CC1C2. The van der Waals surface area contributed by atoms with Crippen molar-refractivity contribution in [3.05, 3.63) is 12.2 Å². The average molecular weight is 268 g/mol. The highest BCUT2D eigenvalue weighted by Gasteiger charge is 2.60. The summed E-state index contributed by atoms with van der Waals surface area (Å²) in [6.45, 7) is 2.97. The van der Waals surface area contributed by atoms with Crippen LogP contribution in [-0.2, 0) is 23.8 Å². The van der Waals surface area contributed by atoms with Crippen LogP contribution in [0.2, 0.25) is 0 Å². The second-order valence-electron chi connectivity index (χ2n) is 4.99. The van der Waals surface area contributed by atoms with Gasteiger partial charge in [-0.25, -0.2) is 0 Å². The van der Waals surface area contributed by atoms with E-state index in [1.54, 1.807) is 0 Å². The van der Waals surface area contributed by atoms with Gasteiger partial charge in [0.15, 0.2) is 5.41 Å². The van der Waals surface area contributed by atoms with Gasteiger partial charge in [0.25, 0.3) is 0 Å². The smallest absolute Gasteiger partial charge is 0.324 e. The van der Waals surface area contributed by atoms with Gasteiger partial charge in [0.2, 0.25) is 0 Å². The van der Waals surface area contributed by atoms with E-state index in [1.807, 2.05) is 13.0 Å². The molecule has 1 saturated carbocycles.